The predicted octanol–water partition coefficient (Wildman–Crippen LogP) is 3.00. The maximum atomic E-state index is 12.2. The summed E-state index contributed by atoms with van der Waals surface area (Å²) in [5.41, 5.74) is 2.75. The summed E-state index contributed by atoms with van der Waals surface area (Å²) in [6, 6.07) is 11.5. The van der Waals surface area contributed by atoms with Crippen molar-refractivity contribution in [3.05, 3.63) is 70.5 Å². The van der Waals surface area contributed by atoms with Crippen molar-refractivity contribution in [3.63, 3.8) is 0 Å². The number of hydrogen-bond donors (Lipinski definition) is 1. The zero-order valence-corrected chi connectivity index (χ0v) is 14.6. The molecule has 0 radical (unpaired) electrons. The average Bonchev–Trinajstić information content (AvgIpc) is 3.15. The molecule has 0 bridgehead atoms. The van der Waals surface area contributed by atoms with E-state index in [2.05, 4.69) is 19.9 Å². The van der Waals surface area contributed by atoms with E-state index in [1.54, 1.807) is 12.4 Å². The molecule has 1 aromatic carbocycles. The summed E-state index contributed by atoms with van der Waals surface area (Å²) in [4.78, 5) is 16.8. The van der Waals surface area contributed by atoms with Crippen LogP contribution in [0.25, 0.3) is 0 Å². The van der Waals surface area contributed by atoms with Crippen LogP contribution in [0.2, 0.25) is 0 Å². The number of hydrogen-bond acceptors (Lipinski definition) is 6. The first kappa shape index (κ1) is 17.0. The third-order valence-electron chi connectivity index (χ3n) is 3.60. The quantitative estimate of drug-likeness (QED) is 0.706. The van der Waals surface area contributed by atoms with Crippen molar-refractivity contribution < 1.29 is 9.53 Å². The third-order valence-corrected chi connectivity index (χ3v) is 4.37. The van der Waals surface area contributed by atoms with Crippen LogP contribution in [0.4, 0.5) is 0 Å². The van der Waals surface area contributed by atoms with Gasteiger partial charge in [0.1, 0.15) is 17.2 Å². The number of nitrogens with zero attached hydrogens (tertiary/aromatic N) is 3. The van der Waals surface area contributed by atoms with Gasteiger partial charge in [0.05, 0.1) is 5.69 Å². The van der Waals surface area contributed by atoms with E-state index in [-0.39, 0.29) is 5.91 Å². The van der Waals surface area contributed by atoms with Gasteiger partial charge in [-0.15, -0.1) is 5.10 Å². The molecular weight excluding hydrogens is 336 g/mol. The molecule has 3 aromatic rings. The Labute approximate surface area is 150 Å². The van der Waals surface area contributed by atoms with Crippen LogP contribution in [0.15, 0.2) is 48.8 Å². The summed E-state index contributed by atoms with van der Waals surface area (Å²) in [6.45, 7) is 2.88. The maximum Gasteiger partial charge on any atom is 0.265 e. The van der Waals surface area contributed by atoms with Gasteiger partial charge in [-0.25, -0.2) is 0 Å². The van der Waals surface area contributed by atoms with E-state index in [1.165, 1.54) is 0 Å². The fourth-order valence-corrected chi connectivity index (χ4v) is 2.90. The highest BCUT2D eigenvalue weighted by molar-refractivity contribution is 7.08. The van der Waals surface area contributed by atoms with Gasteiger partial charge in [0.25, 0.3) is 5.91 Å². The second-order valence-corrected chi connectivity index (χ2v) is 6.13. The van der Waals surface area contributed by atoms with Crippen molar-refractivity contribution in [1.29, 1.82) is 0 Å². The lowest BCUT2D eigenvalue weighted by Crippen LogP contribution is -2.22. The summed E-state index contributed by atoms with van der Waals surface area (Å²) < 4.78 is 9.56. The highest BCUT2D eigenvalue weighted by Gasteiger charge is 2.14. The van der Waals surface area contributed by atoms with Crippen molar-refractivity contribution in [2.75, 3.05) is 0 Å². The number of nitrogens with one attached hydrogen (secondary N) is 1. The van der Waals surface area contributed by atoms with E-state index < -0.39 is 0 Å². The van der Waals surface area contributed by atoms with E-state index in [9.17, 15) is 4.79 Å². The largest absolute Gasteiger partial charge is 0.489 e. The molecule has 0 aliphatic carbocycles. The molecule has 0 saturated carbocycles. The Hall–Kier alpha value is -2.80. The molecule has 0 aliphatic rings. The van der Waals surface area contributed by atoms with Gasteiger partial charge in [-0.3, -0.25) is 9.78 Å². The number of carbonyl (C=O) groups is 1. The molecule has 0 saturated heterocycles. The lowest BCUT2D eigenvalue weighted by atomic mass is 10.2. The Balaban J connectivity index is 1.51. The maximum absolute atomic E-state index is 12.2. The van der Waals surface area contributed by atoms with Gasteiger partial charge < -0.3 is 10.1 Å². The first-order chi connectivity index (χ1) is 12.3. The highest BCUT2D eigenvalue weighted by atomic mass is 32.1. The Bertz CT molecular complexity index is 819. The van der Waals surface area contributed by atoms with Gasteiger partial charge in [0.15, 0.2) is 0 Å². The summed E-state index contributed by atoms with van der Waals surface area (Å²) in [5.74, 6) is 0.641. The van der Waals surface area contributed by atoms with Crippen LogP contribution < -0.4 is 10.1 Å². The molecule has 0 aliphatic heterocycles. The number of carbonyl (C=O) groups excluding carboxylic acids is 1. The van der Waals surface area contributed by atoms with Crippen LogP contribution >= 0.6 is 11.5 Å². The third kappa shape index (κ3) is 4.60. The molecule has 6 nitrogen and oxygen atoms in total. The minimum atomic E-state index is -0.135. The highest BCUT2D eigenvalue weighted by Crippen LogP contribution is 2.15. The van der Waals surface area contributed by atoms with Gasteiger partial charge >= 0.3 is 0 Å². The van der Waals surface area contributed by atoms with E-state index in [1.807, 2.05) is 43.3 Å². The molecule has 3 rings (SSSR count). The second-order valence-electron chi connectivity index (χ2n) is 5.38. The van der Waals surface area contributed by atoms with Gasteiger partial charge in [-0.2, -0.15) is 0 Å². The van der Waals surface area contributed by atoms with E-state index in [0.717, 1.165) is 34.1 Å². The normalized spacial score (nSPS) is 10.4. The standard InChI is InChI=1S/C18H18N4O2S/c1-2-16-17(25-22-21-16)18(23)20-11-13-5-7-15(8-6-13)24-12-14-4-3-9-19-10-14/h3-10H,2,11-12H2,1H3,(H,20,23). The van der Waals surface area contributed by atoms with E-state index in [4.69, 9.17) is 4.74 Å². The Morgan fingerprint density at radius 2 is 2.04 bits per heavy atom. The summed E-state index contributed by atoms with van der Waals surface area (Å²) >= 11 is 1.13. The zero-order chi connectivity index (χ0) is 17.5. The molecule has 0 fully saturated rings. The molecular formula is C18H18N4O2S. The number of ether oxygens (including phenoxy) is 1. The number of pyridine rings is 1. The van der Waals surface area contributed by atoms with Crippen molar-refractivity contribution >= 4 is 17.4 Å². The molecule has 128 valence electrons. The molecule has 0 atom stereocenters. The lowest BCUT2D eigenvalue weighted by molar-refractivity contribution is 0.0954. The topological polar surface area (TPSA) is 77.0 Å². The van der Waals surface area contributed by atoms with Gasteiger partial charge in [0, 0.05) is 24.5 Å². The molecule has 1 amide bonds. The Morgan fingerprint density at radius 1 is 1.20 bits per heavy atom. The van der Waals surface area contributed by atoms with Gasteiger partial charge in [-0.05, 0) is 41.7 Å². The summed E-state index contributed by atoms with van der Waals surface area (Å²) in [7, 11) is 0. The second kappa shape index (κ2) is 8.34. The molecule has 0 unspecified atom stereocenters. The number of aryl methyl sites for hydroxylation is 1. The molecule has 2 heterocycles. The fourth-order valence-electron chi connectivity index (χ4n) is 2.23. The zero-order valence-electron chi connectivity index (χ0n) is 13.8. The lowest BCUT2D eigenvalue weighted by Gasteiger charge is -2.08. The number of aromatic nitrogens is 3. The smallest absolute Gasteiger partial charge is 0.265 e. The minimum Gasteiger partial charge on any atom is -0.489 e. The van der Waals surface area contributed by atoms with Crippen LogP contribution in [0.5, 0.6) is 5.75 Å². The first-order valence-electron chi connectivity index (χ1n) is 7.96. The van der Waals surface area contributed by atoms with Crippen LogP contribution in [-0.4, -0.2) is 20.5 Å². The van der Waals surface area contributed by atoms with E-state index >= 15 is 0 Å². The van der Waals surface area contributed by atoms with E-state index in [0.29, 0.717) is 24.4 Å². The van der Waals surface area contributed by atoms with Crippen molar-refractivity contribution in [2.45, 2.75) is 26.5 Å². The molecule has 25 heavy (non-hydrogen) atoms. The molecule has 7 heteroatoms. The number of benzene rings is 1. The average molecular weight is 354 g/mol. The number of amides is 1. The Kier molecular flexibility index (Phi) is 5.69. The fraction of sp³-hybridized carbons (Fsp3) is 0.222. The van der Waals surface area contributed by atoms with Crippen LogP contribution in [0.3, 0.4) is 0 Å². The monoisotopic (exact) mass is 354 g/mol. The summed E-state index contributed by atoms with van der Waals surface area (Å²) in [5, 5.41) is 6.85. The van der Waals surface area contributed by atoms with Crippen molar-refractivity contribution in [2.24, 2.45) is 0 Å². The molecule has 2 aromatic heterocycles. The first-order valence-corrected chi connectivity index (χ1v) is 8.73. The summed E-state index contributed by atoms with van der Waals surface area (Å²) in [6.07, 6.45) is 4.21. The molecule has 0 spiro atoms. The number of rotatable bonds is 7. The van der Waals surface area contributed by atoms with Crippen molar-refractivity contribution in [1.82, 2.24) is 19.9 Å². The van der Waals surface area contributed by atoms with Gasteiger partial charge in [-0.1, -0.05) is 29.6 Å². The minimum absolute atomic E-state index is 0.135. The van der Waals surface area contributed by atoms with Gasteiger partial charge in [0.2, 0.25) is 0 Å². The van der Waals surface area contributed by atoms with Crippen LogP contribution in [-0.2, 0) is 19.6 Å². The Morgan fingerprint density at radius 3 is 2.76 bits per heavy atom. The SMILES string of the molecule is CCc1nnsc1C(=O)NCc1ccc(OCc2cccnc2)cc1. The van der Waals surface area contributed by atoms with Crippen LogP contribution in [0, 0.1) is 0 Å². The van der Waals surface area contributed by atoms with Crippen molar-refractivity contribution in [3.8, 4) is 5.75 Å². The van der Waals surface area contributed by atoms with Crippen LogP contribution in [0.1, 0.15) is 33.4 Å². The predicted molar refractivity (Wildman–Crippen MR) is 95.5 cm³/mol. The molecule has 1 N–H and O–H groups in total.